The number of rotatable bonds is 3. The van der Waals surface area contributed by atoms with E-state index in [2.05, 4.69) is 4.98 Å². The average molecular weight is 270 g/mol. The number of pyridine rings is 1. The number of benzene rings is 1. The molecule has 3 rings (SSSR count). The zero-order valence-corrected chi connectivity index (χ0v) is 10.8. The largest absolute Gasteiger partial charge is 0.465 e. The van der Waals surface area contributed by atoms with Crippen molar-refractivity contribution >= 4 is 6.09 Å². The molecule has 1 aliphatic rings. The summed E-state index contributed by atoms with van der Waals surface area (Å²) >= 11 is 0. The number of hydrogen-bond donors (Lipinski definition) is 1. The van der Waals surface area contributed by atoms with E-state index in [-0.39, 0.29) is 5.92 Å². The third-order valence-electron chi connectivity index (χ3n) is 3.35. The number of likely N-dealkylation sites (tertiary alicyclic amines) is 1. The third kappa shape index (κ3) is 2.56. The standard InChI is InChI=1S/C15H14N2O3/c18-15(19)17-9-12(10-17)11-6-7-14(16-8-11)20-13-4-2-1-3-5-13/h1-8,12H,9-10H2,(H,18,19). The summed E-state index contributed by atoms with van der Waals surface area (Å²) in [5.74, 6) is 1.52. The van der Waals surface area contributed by atoms with E-state index in [0.29, 0.717) is 19.0 Å². The molecule has 0 aliphatic carbocycles. The minimum Gasteiger partial charge on any atom is -0.465 e. The van der Waals surface area contributed by atoms with Crippen LogP contribution < -0.4 is 4.74 Å². The Bertz CT molecular complexity index is 592. The zero-order chi connectivity index (χ0) is 13.9. The van der Waals surface area contributed by atoms with Crippen LogP contribution in [0.3, 0.4) is 0 Å². The topological polar surface area (TPSA) is 62.7 Å². The average Bonchev–Trinajstić information content (AvgIpc) is 2.40. The van der Waals surface area contributed by atoms with E-state index < -0.39 is 6.09 Å². The van der Waals surface area contributed by atoms with Crippen LogP contribution in [0.5, 0.6) is 11.6 Å². The molecular weight excluding hydrogens is 256 g/mol. The van der Waals surface area contributed by atoms with Crippen LogP contribution in [0, 0.1) is 0 Å². The third-order valence-corrected chi connectivity index (χ3v) is 3.35. The van der Waals surface area contributed by atoms with Crippen molar-refractivity contribution in [2.45, 2.75) is 5.92 Å². The van der Waals surface area contributed by atoms with E-state index in [1.54, 1.807) is 6.20 Å². The van der Waals surface area contributed by atoms with Crippen molar-refractivity contribution < 1.29 is 14.6 Å². The normalized spacial score (nSPS) is 14.7. The lowest BCUT2D eigenvalue weighted by Gasteiger charge is -2.37. The SMILES string of the molecule is O=C(O)N1CC(c2ccc(Oc3ccccc3)nc2)C1. The van der Waals surface area contributed by atoms with Crippen LogP contribution in [0.4, 0.5) is 4.79 Å². The lowest BCUT2D eigenvalue weighted by atomic mass is 9.93. The van der Waals surface area contributed by atoms with Gasteiger partial charge in [0.2, 0.25) is 5.88 Å². The first-order valence-corrected chi connectivity index (χ1v) is 6.39. The van der Waals surface area contributed by atoms with Crippen molar-refractivity contribution in [1.82, 2.24) is 9.88 Å². The lowest BCUT2D eigenvalue weighted by Crippen LogP contribution is -2.47. The van der Waals surface area contributed by atoms with Gasteiger partial charge in [-0.25, -0.2) is 9.78 Å². The van der Waals surface area contributed by atoms with Crippen LogP contribution in [0.1, 0.15) is 11.5 Å². The minimum atomic E-state index is -0.863. The smallest absolute Gasteiger partial charge is 0.407 e. The fraction of sp³-hybridized carbons (Fsp3) is 0.200. The molecule has 1 amide bonds. The zero-order valence-electron chi connectivity index (χ0n) is 10.8. The predicted octanol–water partition coefficient (Wildman–Crippen LogP) is 2.95. The highest BCUT2D eigenvalue weighted by atomic mass is 16.5. The van der Waals surface area contributed by atoms with Crippen molar-refractivity contribution in [2.24, 2.45) is 0 Å². The number of hydrogen-bond acceptors (Lipinski definition) is 3. The summed E-state index contributed by atoms with van der Waals surface area (Å²) in [5.41, 5.74) is 1.04. The van der Waals surface area contributed by atoms with Crippen molar-refractivity contribution in [3.63, 3.8) is 0 Å². The van der Waals surface area contributed by atoms with Gasteiger partial charge in [0.15, 0.2) is 0 Å². The van der Waals surface area contributed by atoms with Gasteiger partial charge < -0.3 is 14.7 Å². The fourth-order valence-corrected chi connectivity index (χ4v) is 2.15. The molecule has 1 saturated heterocycles. The Morgan fingerprint density at radius 1 is 1.20 bits per heavy atom. The molecule has 1 aromatic carbocycles. The molecule has 1 N–H and O–H groups in total. The number of amides is 1. The molecule has 2 heterocycles. The molecule has 1 aromatic heterocycles. The number of carboxylic acid groups (broad SMARTS) is 1. The van der Waals surface area contributed by atoms with E-state index in [4.69, 9.17) is 9.84 Å². The van der Waals surface area contributed by atoms with Gasteiger partial charge in [-0.05, 0) is 17.7 Å². The Morgan fingerprint density at radius 3 is 2.55 bits per heavy atom. The van der Waals surface area contributed by atoms with Gasteiger partial charge in [-0.1, -0.05) is 24.3 Å². The van der Waals surface area contributed by atoms with Crippen LogP contribution in [-0.2, 0) is 0 Å². The van der Waals surface area contributed by atoms with Gasteiger partial charge in [0.25, 0.3) is 0 Å². The summed E-state index contributed by atoms with van der Waals surface area (Å²) < 4.78 is 5.61. The van der Waals surface area contributed by atoms with Crippen molar-refractivity contribution in [3.05, 3.63) is 54.2 Å². The monoisotopic (exact) mass is 270 g/mol. The molecule has 0 unspecified atom stereocenters. The van der Waals surface area contributed by atoms with E-state index in [0.717, 1.165) is 11.3 Å². The van der Waals surface area contributed by atoms with Crippen LogP contribution in [0.2, 0.25) is 0 Å². The molecule has 102 valence electrons. The van der Waals surface area contributed by atoms with E-state index in [1.807, 2.05) is 42.5 Å². The maximum Gasteiger partial charge on any atom is 0.407 e. The lowest BCUT2D eigenvalue weighted by molar-refractivity contribution is 0.105. The first kappa shape index (κ1) is 12.5. The van der Waals surface area contributed by atoms with E-state index >= 15 is 0 Å². The molecule has 0 spiro atoms. The molecule has 0 atom stereocenters. The predicted molar refractivity (Wildman–Crippen MR) is 73.1 cm³/mol. The molecule has 1 fully saturated rings. The Labute approximate surface area is 116 Å². The second-order valence-corrected chi connectivity index (χ2v) is 4.73. The maximum absolute atomic E-state index is 10.7. The molecule has 1 aliphatic heterocycles. The molecule has 0 saturated carbocycles. The second-order valence-electron chi connectivity index (χ2n) is 4.73. The number of nitrogens with zero attached hydrogens (tertiary/aromatic N) is 2. The summed E-state index contributed by atoms with van der Waals surface area (Å²) in [7, 11) is 0. The highest BCUT2D eigenvalue weighted by Crippen LogP contribution is 2.28. The molecular formula is C15H14N2O3. The number of carbonyl (C=O) groups is 1. The minimum absolute atomic E-state index is 0.240. The van der Waals surface area contributed by atoms with Crippen molar-refractivity contribution in [3.8, 4) is 11.6 Å². The van der Waals surface area contributed by atoms with Crippen LogP contribution >= 0.6 is 0 Å². The van der Waals surface area contributed by atoms with Gasteiger partial charge in [0.1, 0.15) is 5.75 Å². The summed E-state index contributed by atoms with van der Waals surface area (Å²) in [4.78, 5) is 16.4. The summed E-state index contributed by atoms with van der Waals surface area (Å²) in [6.07, 6.45) is 0.889. The van der Waals surface area contributed by atoms with Crippen molar-refractivity contribution in [2.75, 3.05) is 13.1 Å². The van der Waals surface area contributed by atoms with E-state index in [1.165, 1.54) is 4.90 Å². The fourth-order valence-electron chi connectivity index (χ4n) is 2.15. The molecule has 20 heavy (non-hydrogen) atoms. The van der Waals surface area contributed by atoms with Gasteiger partial charge in [-0.3, -0.25) is 0 Å². The van der Waals surface area contributed by atoms with Gasteiger partial charge in [0, 0.05) is 31.3 Å². The number of aromatic nitrogens is 1. The van der Waals surface area contributed by atoms with E-state index in [9.17, 15) is 4.79 Å². The summed E-state index contributed by atoms with van der Waals surface area (Å²) in [6, 6.07) is 13.2. The second kappa shape index (κ2) is 5.21. The molecule has 5 heteroatoms. The van der Waals surface area contributed by atoms with Crippen LogP contribution in [-0.4, -0.2) is 34.2 Å². The number of ether oxygens (including phenoxy) is 1. The quantitative estimate of drug-likeness (QED) is 0.931. The molecule has 5 nitrogen and oxygen atoms in total. The highest BCUT2D eigenvalue weighted by molar-refractivity contribution is 5.66. The van der Waals surface area contributed by atoms with Gasteiger partial charge in [0.05, 0.1) is 0 Å². The van der Waals surface area contributed by atoms with Gasteiger partial charge >= 0.3 is 6.09 Å². The van der Waals surface area contributed by atoms with Crippen LogP contribution in [0.15, 0.2) is 48.7 Å². The Hall–Kier alpha value is -2.56. The maximum atomic E-state index is 10.7. The molecule has 0 radical (unpaired) electrons. The highest BCUT2D eigenvalue weighted by Gasteiger charge is 2.31. The van der Waals surface area contributed by atoms with Gasteiger partial charge in [-0.2, -0.15) is 0 Å². The Kier molecular flexibility index (Phi) is 3.25. The van der Waals surface area contributed by atoms with Gasteiger partial charge in [-0.15, -0.1) is 0 Å². The first-order chi connectivity index (χ1) is 9.72. The number of para-hydroxylation sites is 1. The summed E-state index contributed by atoms with van der Waals surface area (Å²) in [6.45, 7) is 1.08. The summed E-state index contributed by atoms with van der Waals surface area (Å²) in [5, 5.41) is 8.80. The van der Waals surface area contributed by atoms with Crippen LogP contribution in [0.25, 0.3) is 0 Å². The van der Waals surface area contributed by atoms with Crippen molar-refractivity contribution in [1.29, 1.82) is 0 Å². The Morgan fingerprint density at radius 2 is 1.95 bits per heavy atom. The Balaban J connectivity index is 1.62. The first-order valence-electron chi connectivity index (χ1n) is 6.39. The molecule has 2 aromatic rings. The molecule has 0 bridgehead atoms.